The maximum Gasteiger partial charge on any atom is 0.239 e. The lowest BCUT2D eigenvalue weighted by atomic mass is 9.90. The van der Waals surface area contributed by atoms with E-state index in [-0.39, 0.29) is 11.8 Å². The zero-order chi connectivity index (χ0) is 17.6. The van der Waals surface area contributed by atoms with E-state index in [0.29, 0.717) is 18.8 Å². The van der Waals surface area contributed by atoms with Gasteiger partial charge in [0.1, 0.15) is 5.41 Å². The van der Waals surface area contributed by atoms with Crippen LogP contribution in [0.25, 0.3) is 0 Å². The first-order valence-electron chi connectivity index (χ1n) is 8.11. The number of rotatable bonds is 7. The molecule has 0 radical (unpaired) electrons. The van der Waals surface area contributed by atoms with Gasteiger partial charge in [-0.05, 0) is 57.4 Å². The van der Waals surface area contributed by atoms with E-state index in [1.807, 2.05) is 39.0 Å². The predicted molar refractivity (Wildman–Crippen MR) is 98.5 cm³/mol. The molecule has 1 aromatic rings. The van der Waals surface area contributed by atoms with Crippen LogP contribution in [-0.2, 0) is 9.59 Å². The highest BCUT2D eigenvalue weighted by Crippen LogP contribution is 2.25. The van der Waals surface area contributed by atoms with Crippen LogP contribution < -0.4 is 5.32 Å². The quantitative estimate of drug-likeness (QED) is 0.711. The third kappa shape index (κ3) is 5.06. The molecule has 0 fully saturated rings. The van der Waals surface area contributed by atoms with Crippen molar-refractivity contribution in [3.63, 3.8) is 0 Å². The summed E-state index contributed by atoms with van der Waals surface area (Å²) in [5.41, 5.74) is 0.644. The van der Waals surface area contributed by atoms with Gasteiger partial charge >= 0.3 is 0 Å². The van der Waals surface area contributed by atoms with Gasteiger partial charge in [-0.3, -0.25) is 9.59 Å². The van der Waals surface area contributed by atoms with Crippen LogP contribution in [0.4, 0.5) is 5.69 Å². The second kappa shape index (κ2) is 8.48. The summed E-state index contributed by atoms with van der Waals surface area (Å²) in [4.78, 5) is 27.2. The van der Waals surface area contributed by atoms with Gasteiger partial charge in [0.2, 0.25) is 11.8 Å². The molecule has 5 heteroatoms. The van der Waals surface area contributed by atoms with Gasteiger partial charge in [-0.1, -0.05) is 29.8 Å². The largest absolute Gasteiger partial charge is 0.342 e. The summed E-state index contributed by atoms with van der Waals surface area (Å²) < 4.78 is 0.989. The molecule has 0 unspecified atom stereocenters. The average Bonchev–Trinajstić information content (AvgIpc) is 2.50. The second-order valence-electron chi connectivity index (χ2n) is 6.34. The minimum Gasteiger partial charge on any atom is -0.342 e. The first-order valence-corrected chi connectivity index (χ1v) is 8.90. The van der Waals surface area contributed by atoms with E-state index in [9.17, 15) is 9.59 Å². The van der Waals surface area contributed by atoms with E-state index in [2.05, 4.69) is 21.2 Å². The van der Waals surface area contributed by atoms with Gasteiger partial charge in [-0.15, -0.1) is 0 Å². The first-order chi connectivity index (χ1) is 10.7. The molecule has 23 heavy (non-hydrogen) atoms. The molecular weight excluding hydrogens is 356 g/mol. The van der Waals surface area contributed by atoms with Gasteiger partial charge in [0, 0.05) is 23.2 Å². The summed E-state index contributed by atoms with van der Waals surface area (Å²) in [6.45, 7) is 10.8. The van der Waals surface area contributed by atoms with E-state index in [1.165, 1.54) is 0 Å². The van der Waals surface area contributed by atoms with Gasteiger partial charge < -0.3 is 10.2 Å². The summed E-state index contributed by atoms with van der Waals surface area (Å²) in [7, 11) is 0. The lowest BCUT2D eigenvalue weighted by molar-refractivity contribution is -0.146. The van der Waals surface area contributed by atoms with Crippen molar-refractivity contribution in [2.45, 2.75) is 47.5 Å². The number of carbonyl (C=O) groups excluding carboxylic acids is 2. The Hall–Kier alpha value is -1.36. The molecule has 128 valence electrons. The molecule has 0 bridgehead atoms. The molecule has 0 aliphatic rings. The van der Waals surface area contributed by atoms with Crippen molar-refractivity contribution >= 4 is 33.4 Å². The van der Waals surface area contributed by atoms with Crippen LogP contribution in [0.5, 0.6) is 0 Å². The van der Waals surface area contributed by atoms with E-state index < -0.39 is 5.41 Å². The molecule has 1 N–H and O–H groups in total. The Morgan fingerprint density at radius 1 is 1.17 bits per heavy atom. The molecule has 0 spiro atoms. The number of benzene rings is 1. The molecule has 0 atom stereocenters. The number of aryl methyl sites for hydroxylation is 1. The zero-order valence-corrected chi connectivity index (χ0v) is 16.3. The first kappa shape index (κ1) is 19.7. The van der Waals surface area contributed by atoms with Crippen molar-refractivity contribution in [1.82, 2.24) is 4.90 Å². The standard InChI is InChI=1S/C18H27BrN2O2/c1-6-10-21(11-7-2)17(23)18(4,5)16(22)20-14-8-9-15(19)13(3)12-14/h8-9,12H,6-7,10-11H2,1-5H3,(H,20,22). The fourth-order valence-electron chi connectivity index (χ4n) is 2.36. The van der Waals surface area contributed by atoms with Gasteiger partial charge in [0.15, 0.2) is 0 Å². The predicted octanol–water partition coefficient (Wildman–Crippen LogP) is 4.37. The van der Waals surface area contributed by atoms with Crippen LogP contribution >= 0.6 is 15.9 Å². The summed E-state index contributed by atoms with van der Waals surface area (Å²) in [5, 5.41) is 2.86. The van der Waals surface area contributed by atoms with Crippen molar-refractivity contribution in [1.29, 1.82) is 0 Å². The SMILES string of the molecule is CCCN(CCC)C(=O)C(C)(C)C(=O)Nc1ccc(Br)c(C)c1. The van der Waals surface area contributed by atoms with E-state index >= 15 is 0 Å². The highest BCUT2D eigenvalue weighted by atomic mass is 79.9. The molecule has 2 amide bonds. The Bertz CT molecular complexity index is 564. The van der Waals surface area contributed by atoms with Crippen LogP contribution in [-0.4, -0.2) is 29.8 Å². The molecular formula is C18H27BrN2O2. The van der Waals surface area contributed by atoms with Crippen molar-refractivity contribution in [2.24, 2.45) is 5.41 Å². The fourth-order valence-corrected chi connectivity index (χ4v) is 2.60. The third-order valence-corrected chi connectivity index (χ3v) is 4.68. The van der Waals surface area contributed by atoms with E-state index in [0.717, 1.165) is 22.9 Å². The molecule has 4 nitrogen and oxygen atoms in total. The Morgan fingerprint density at radius 3 is 2.22 bits per heavy atom. The van der Waals surface area contributed by atoms with E-state index in [1.54, 1.807) is 18.7 Å². The number of carbonyl (C=O) groups is 2. The average molecular weight is 383 g/mol. The minimum atomic E-state index is -1.09. The summed E-state index contributed by atoms with van der Waals surface area (Å²) >= 11 is 3.44. The Morgan fingerprint density at radius 2 is 1.74 bits per heavy atom. The van der Waals surface area contributed by atoms with Gasteiger partial charge in [0.05, 0.1) is 0 Å². The number of nitrogens with zero attached hydrogens (tertiary/aromatic N) is 1. The lowest BCUT2D eigenvalue weighted by Gasteiger charge is -2.30. The Balaban J connectivity index is 2.89. The number of hydrogen-bond donors (Lipinski definition) is 1. The van der Waals surface area contributed by atoms with E-state index in [4.69, 9.17) is 0 Å². The Kier molecular flexibility index (Phi) is 7.26. The summed E-state index contributed by atoms with van der Waals surface area (Å²) in [5.74, 6) is -0.394. The van der Waals surface area contributed by atoms with Crippen LogP contribution in [0.2, 0.25) is 0 Å². The number of nitrogens with one attached hydrogen (secondary N) is 1. The van der Waals surface area contributed by atoms with Crippen molar-refractivity contribution in [3.8, 4) is 0 Å². The number of amides is 2. The maximum absolute atomic E-state index is 12.8. The molecule has 0 aliphatic carbocycles. The van der Waals surface area contributed by atoms with Crippen molar-refractivity contribution in [2.75, 3.05) is 18.4 Å². The minimum absolute atomic E-state index is 0.118. The normalized spacial score (nSPS) is 11.2. The van der Waals surface area contributed by atoms with Gasteiger partial charge in [-0.25, -0.2) is 0 Å². The van der Waals surface area contributed by atoms with Gasteiger partial charge in [-0.2, -0.15) is 0 Å². The van der Waals surface area contributed by atoms with Crippen LogP contribution in [0.3, 0.4) is 0 Å². The van der Waals surface area contributed by atoms with Gasteiger partial charge in [0.25, 0.3) is 0 Å². The monoisotopic (exact) mass is 382 g/mol. The Labute approximate surface area is 147 Å². The third-order valence-electron chi connectivity index (χ3n) is 3.79. The fraction of sp³-hybridized carbons (Fsp3) is 0.556. The maximum atomic E-state index is 12.8. The molecule has 0 saturated heterocycles. The molecule has 1 aromatic carbocycles. The number of halogens is 1. The smallest absolute Gasteiger partial charge is 0.239 e. The molecule has 1 rings (SSSR count). The molecule has 0 aromatic heterocycles. The molecule has 0 saturated carbocycles. The zero-order valence-electron chi connectivity index (χ0n) is 14.7. The summed E-state index contributed by atoms with van der Waals surface area (Å²) in [6, 6.07) is 5.60. The van der Waals surface area contributed by atoms with Crippen LogP contribution in [0.1, 0.15) is 46.1 Å². The van der Waals surface area contributed by atoms with Crippen molar-refractivity contribution in [3.05, 3.63) is 28.2 Å². The second-order valence-corrected chi connectivity index (χ2v) is 7.19. The molecule has 0 aliphatic heterocycles. The highest BCUT2D eigenvalue weighted by molar-refractivity contribution is 9.10. The van der Waals surface area contributed by atoms with Crippen LogP contribution in [0.15, 0.2) is 22.7 Å². The number of hydrogen-bond acceptors (Lipinski definition) is 2. The van der Waals surface area contributed by atoms with Crippen molar-refractivity contribution < 1.29 is 9.59 Å². The number of anilines is 1. The van der Waals surface area contributed by atoms with Crippen LogP contribution in [0, 0.1) is 12.3 Å². The topological polar surface area (TPSA) is 49.4 Å². The molecule has 0 heterocycles. The highest BCUT2D eigenvalue weighted by Gasteiger charge is 2.38. The lowest BCUT2D eigenvalue weighted by Crippen LogP contribution is -2.47. The summed E-state index contributed by atoms with van der Waals surface area (Å²) in [6.07, 6.45) is 1.77.